The number of thiazole rings is 1. The second kappa shape index (κ2) is 20.8. The van der Waals surface area contributed by atoms with E-state index in [1.54, 1.807) is 35.4 Å². The second-order valence-electron chi connectivity index (χ2n) is 17.6. The zero-order chi connectivity index (χ0) is 47.4. The van der Waals surface area contributed by atoms with Gasteiger partial charge in [-0.3, -0.25) is 19.2 Å². The average molecular weight is 950 g/mol. The number of hydrogen-bond acceptors (Lipinski definition) is 15. The number of likely N-dealkylation sites (tertiary alicyclic amines) is 2. The second-order valence-corrected chi connectivity index (χ2v) is 19.2. The topological polar surface area (TPSA) is 219 Å². The Hall–Kier alpha value is -6.15. The quantitative estimate of drug-likeness (QED) is 0.0891. The number of aryl methyl sites for hydroxylation is 2. The number of nitrogens with zero attached hydrogens (tertiary/aromatic N) is 7. The van der Waals surface area contributed by atoms with Crippen LogP contribution in [0.25, 0.3) is 21.8 Å². The number of carbonyl (C=O) groups is 4. The number of oxazole rings is 1. The van der Waals surface area contributed by atoms with Crippen molar-refractivity contribution in [3.05, 3.63) is 112 Å². The van der Waals surface area contributed by atoms with Gasteiger partial charge in [-0.05, 0) is 61.3 Å². The van der Waals surface area contributed by atoms with Crippen LogP contribution in [0.4, 0.5) is 0 Å². The molecule has 2 aliphatic heterocycles. The van der Waals surface area contributed by atoms with Gasteiger partial charge in [0.25, 0.3) is 0 Å². The Bertz CT molecular complexity index is 2650. The molecule has 7 atom stereocenters. The van der Waals surface area contributed by atoms with Gasteiger partial charge in [0.2, 0.25) is 23.6 Å². The van der Waals surface area contributed by atoms with Crippen molar-refractivity contribution in [2.75, 3.05) is 13.1 Å². The fraction of sp³-hybridized carbons (Fsp3) is 0.438. The maximum absolute atomic E-state index is 14.3. The molecule has 2 aliphatic rings. The molecule has 0 saturated carbocycles. The molecule has 0 spiro atoms. The highest BCUT2D eigenvalue weighted by Crippen LogP contribution is 2.34. The van der Waals surface area contributed by atoms with Crippen LogP contribution in [0, 0.1) is 19.8 Å². The summed E-state index contributed by atoms with van der Waals surface area (Å²) in [6.45, 7) is 11.8. The first-order chi connectivity index (χ1) is 32.3. The summed E-state index contributed by atoms with van der Waals surface area (Å²) in [4.78, 5) is 73.5. The van der Waals surface area contributed by atoms with Crippen molar-refractivity contribution >= 4 is 46.5 Å². The lowest BCUT2D eigenvalue weighted by atomic mass is 9.94. The number of β-amino-alcohol motifs (C(OH)–C–C–N with tert-alkyl or cyclic N) is 1. The number of aromatic nitrogens is 5. The van der Waals surface area contributed by atoms with Gasteiger partial charge >= 0.3 is 0 Å². The Labute approximate surface area is 396 Å². The molecule has 2 fully saturated rings. The lowest BCUT2D eigenvalue weighted by molar-refractivity contribution is -0.140. The van der Waals surface area contributed by atoms with Crippen molar-refractivity contribution in [2.24, 2.45) is 5.92 Å². The monoisotopic (exact) mass is 949 g/mol. The van der Waals surface area contributed by atoms with Gasteiger partial charge in [0.1, 0.15) is 29.5 Å². The van der Waals surface area contributed by atoms with Crippen molar-refractivity contribution in [3.8, 4) is 21.8 Å². The van der Waals surface area contributed by atoms with Crippen molar-refractivity contribution in [3.63, 3.8) is 0 Å². The predicted molar refractivity (Wildman–Crippen MR) is 249 cm³/mol. The van der Waals surface area contributed by atoms with E-state index in [4.69, 9.17) is 18.7 Å². The van der Waals surface area contributed by atoms with Gasteiger partial charge < -0.3 is 39.2 Å². The summed E-state index contributed by atoms with van der Waals surface area (Å²) >= 11 is 2.66. The molecular formula is C48H55N9O8S2. The van der Waals surface area contributed by atoms with Gasteiger partial charge in [-0.25, -0.2) is 15.0 Å². The van der Waals surface area contributed by atoms with Crippen LogP contribution in [0.2, 0.25) is 0 Å². The first kappa shape index (κ1) is 47.3. The molecule has 19 heteroatoms. The zero-order valence-corrected chi connectivity index (χ0v) is 39.9. The minimum Gasteiger partial charge on any atom is -0.444 e. The molecule has 4 aromatic heterocycles. The van der Waals surface area contributed by atoms with Gasteiger partial charge in [0, 0.05) is 44.1 Å². The molecule has 6 heterocycles. The smallest absolute Gasteiger partial charge is 0.243 e. The first-order valence-electron chi connectivity index (χ1n) is 22.5. The van der Waals surface area contributed by atoms with E-state index in [0.29, 0.717) is 34.5 Å². The summed E-state index contributed by atoms with van der Waals surface area (Å²) in [6.07, 6.45) is 2.39. The largest absolute Gasteiger partial charge is 0.444 e. The summed E-state index contributed by atoms with van der Waals surface area (Å²) in [5.74, 6) is -1.42. The summed E-state index contributed by atoms with van der Waals surface area (Å²) in [6, 6.07) is 15.2. The number of amides is 4. The molecule has 2 aromatic carbocycles. The molecule has 0 unspecified atom stereocenters. The Morgan fingerprint density at radius 2 is 1.67 bits per heavy atom. The normalized spacial score (nSPS) is 19.7. The molecule has 8 rings (SSSR count). The summed E-state index contributed by atoms with van der Waals surface area (Å²) in [5, 5.41) is 21.3. The number of rotatable bonds is 17. The highest BCUT2D eigenvalue weighted by atomic mass is 32.1. The zero-order valence-electron chi connectivity index (χ0n) is 38.2. The average Bonchev–Trinajstić information content (AvgIpc) is 4.19. The summed E-state index contributed by atoms with van der Waals surface area (Å²) in [7, 11) is 0. The third-order valence-electron chi connectivity index (χ3n) is 12.5. The maximum Gasteiger partial charge on any atom is 0.243 e. The SMILES string of the molecule is CC[C@@H](C(=O)N1C[C@H](OCc2nsc([C@H](C(=O)N3C[C@H](O)C[C@H]3C(=O)NCc3ccc(-c4scnc4C)cc3)C(C)C)n2)C[C@H]1C(=O)N[C@@H](C)c1ccc(-c2cnco2)cc1)c1cc(C)no1. The lowest BCUT2D eigenvalue weighted by Gasteiger charge is -2.28. The van der Waals surface area contributed by atoms with Gasteiger partial charge in [0.15, 0.2) is 18.0 Å². The Morgan fingerprint density at radius 1 is 0.940 bits per heavy atom. The van der Waals surface area contributed by atoms with E-state index in [2.05, 4.69) is 30.1 Å². The minimum absolute atomic E-state index is 0.0210. The molecule has 0 bridgehead atoms. The molecule has 17 nitrogen and oxygen atoms in total. The van der Waals surface area contributed by atoms with Gasteiger partial charge in [-0.2, -0.15) is 4.37 Å². The molecule has 67 heavy (non-hydrogen) atoms. The Balaban J connectivity index is 0.915. The van der Waals surface area contributed by atoms with Crippen molar-refractivity contribution in [1.29, 1.82) is 0 Å². The summed E-state index contributed by atoms with van der Waals surface area (Å²) in [5.41, 5.74) is 7.10. The van der Waals surface area contributed by atoms with Crippen LogP contribution >= 0.6 is 22.9 Å². The highest BCUT2D eigenvalue weighted by Gasteiger charge is 2.45. The molecule has 352 valence electrons. The van der Waals surface area contributed by atoms with E-state index < -0.39 is 36.1 Å². The van der Waals surface area contributed by atoms with E-state index in [0.717, 1.165) is 44.4 Å². The molecule has 0 radical (unpaired) electrons. The van der Waals surface area contributed by atoms with Crippen LogP contribution in [0.15, 0.2) is 81.6 Å². The van der Waals surface area contributed by atoms with Gasteiger partial charge in [-0.1, -0.05) is 74.5 Å². The standard InChI is InChI=1S/C48H55N9O8S2/c1-7-36(39-16-27(4)54-65-39)47(61)57-22-35(18-38(57)45(60)52-28(5)31-12-14-32(15-13-31)40-20-49-24-64-40)63-23-41-53-46(67-55-41)42(26(2)3)48(62)56-21-34(58)17-37(56)44(59)50-19-30-8-10-33(11-9-30)43-29(6)51-25-66-43/h8-16,20,24-26,28,34-38,42,58H,7,17-19,21-23H2,1-6H3,(H,50,59)(H,52,60)/t28-,34+,35+,36+,37-,38-,42+/m0/s1. The Morgan fingerprint density at radius 3 is 2.33 bits per heavy atom. The molecule has 2 saturated heterocycles. The van der Waals surface area contributed by atoms with Crippen LogP contribution in [-0.2, 0) is 37.1 Å². The number of aliphatic hydroxyl groups excluding tert-OH is 1. The van der Waals surface area contributed by atoms with Crippen LogP contribution < -0.4 is 10.6 Å². The molecule has 3 N–H and O–H groups in total. The number of carbonyl (C=O) groups excluding carboxylic acids is 4. The van der Waals surface area contributed by atoms with Crippen LogP contribution in [-0.4, -0.2) is 100 Å². The molecule has 4 amide bonds. The number of benzene rings is 2. The van der Waals surface area contributed by atoms with Crippen molar-refractivity contribution in [1.82, 2.24) is 44.9 Å². The molecule has 6 aromatic rings. The minimum atomic E-state index is -0.857. The number of ether oxygens (including phenoxy) is 1. The maximum atomic E-state index is 14.3. The van der Waals surface area contributed by atoms with Crippen molar-refractivity contribution < 1.29 is 38.0 Å². The third kappa shape index (κ3) is 10.7. The van der Waals surface area contributed by atoms with E-state index in [1.807, 2.05) is 88.7 Å². The number of nitrogens with one attached hydrogen (secondary N) is 2. The number of aliphatic hydroxyl groups is 1. The van der Waals surface area contributed by atoms with Gasteiger partial charge in [0.05, 0.1) is 58.1 Å². The van der Waals surface area contributed by atoms with E-state index >= 15 is 0 Å². The predicted octanol–water partition coefficient (Wildman–Crippen LogP) is 6.50. The summed E-state index contributed by atoms with van der Waals surface area (Å²) < 4.78 is 21.8. The first-order valence-corrected chi connectivity index (χ1v) is 24.2. The third-order valence-corrected chi connectivity index (χ3v) is 14.3. The van der Waals surface area contributed by atoms with Crippen LogP contribution in [0.5, 0.6) is 0 Å². The molecular weight excluding hydrogens is 895 g/mol. The van der Waals surface area contributed by atoms with Crippen molar-refractivity contribution in [2.45, 2.75) is 116 Å². The molecule has 0 aliphatic carbocycles. The van der Waals surface area contributed by atoms with E-state index in [9.17, 15) is 24.3 Å². The lowest BCUT2D eigenvalue weighted by Crippen LogP contribution is -2.48. The van der Waals surface area contributed by atoms with E-state index in [1.165, 1.54) is 11.3 Å². The van der Waals surface area contributed by atoms with Crippen LogP contribution in [0.3, 0.4) is 0 Å². The highest BCUT2D eigenvalue weighted by molar-refractivity contribution is 7.13. The fourth-order valence-electron chi connectivity index (χ4n) is 8.81. The van der Waals surface area contributed by atoms with Gasteiger partial charge in [-0.15, -0.1) is 11.3 Å². The van der Waals surface area contributed by atoms with E-state index in [-0.39, 0.29) is 74.7 Å². The number of hydrogen-bond donors (Lipinski definition) is 3. The Kier molecular flexibility index (Phi) is 14.7. The van der Waals surface area contributed by atoms with Crippen LogP contribution in [0.1, 0.15) is 104 Å². The fourth-order valence-corrected chi connectivity index (χ4v) is 10.5.